The van der Waals surface area contributed by atoms with Gasteiger partial charge in [-0.1, -0.05) is 12.8 Å². The first-order chi connectivity index (χ1) is 12.6. The zero-order valence-electron chi connectivity index (χ0n) is 16.2. The van der Waals surface area contributed by atoms with Crippen LogP contribution in [0.4, 0.5) is 4.79 Å². The summed E-state index contributed by atoms with van der Waals surface area (Å²) in [5.41, 5.74) is 0.132. The van der Waals surface area contributed by atoms with Crippen LogP contribution in [0.2, 0.25) is 0 Å². The third-order valence-electron chi connectivity index (χ3n) is 5.95. The van der Waals surface area contributed by atoms with E-state index < -0.39 is 0 Å². The molecule has 2 amide bonds. The number of nitrogens with zero attached hydrogens (tertiary/aromatic N) is 4. The molecule has 1 N–H and O–H groups in total. The number of ether oxygens (including phenoxy) is 1. The molecular formula is C19H33N5O2. The van der Waals surface area contributed by atoms with E-state index in [-0.39, 0.29) is 11.6 Å². The third-order valence-corrected chi connectivity index (χ3v) is 5.95. The molecule has 0 spiro atoms. The van der Waals surface area contributed by atoms with Gasteiger partial charge in [0.15, 0.2) is 0 Å². The minimum absolute atomic E-state index is 0.0318. The molecule has 0 radical (unpaired) electrons. The average Bonchev–Trinajstić information content (AvgIpc) is 3.30. The van der Waals surface area contributed by atoms with Gasteiger partial charge in [0.1, 0.15) is 5.82 Å². The number of urea groups is 1. The first-order valence-corrected chi connectivity index (χ1v) is 9.89. The van der Waals surface area contributed by atoms with Gasteiger partial charge in [-0.3, -0.25) is 4.90 Å². The van der Waals surface area contributed by atoms with Gasteiger partial charge < -0.3 is 19.5 Å². The lowest BCUT2D eigenvalue weighted by molar-refractivity contribution is -0.0197. The summed E-state index contributed by atoms with van der Waals surface area (Å²) in [5, 5.41) is 3.20. The Bertz CT molecular complexity index is 576. The molecule has 0 unspecified atom stereocenters. The first-order valence-electron chi connectivity index (χ1n) is 9.89. The number of nitrogens with one attached hydrogen (secondary N) is 1. The summed E-state index contributed by atoms with van der Waals surface area (Å²) in [7, 11) is 3.88. The van der Waals surface area contributed by atoms with E-state index in [0.29, 0.717) is 0 Å². The SMILES string of the molecule is CN(CCCc1nccn1C)C(=O)NCC1(N2CCOCC2)CCCC1. The molecular weight excluding hydrogens is 330 g/mol. The fraction of sp³-hybridized carbons (Fsp3) is 0.789. The van der Waals surface area contributed by atoms with E-state index in [2.05, 4.69) is 15.2 Å². The Kier molecular flexibility index (Phi) is 6.53. The average molecular weight is 364 g/mol. The Hall–Kier alpha value is -1.60. The standard InChI is InChI=1S/C19H33N5O2/c1-22-11-9-20-17(22)6-5-10-23(2)18(25)21-16-19(7-3-4-8-19)24-12-14-26-15-13-24/h9,11H,3-8,10,12-16H2,1-2H3,(H,21,25). The highest BCUT2D eigenvalue weighted by Gasteiger charge is 2.40. The van der Waals surface area contributed by atoms with Gasteiger partial charge in [-0.25, -0.2) is 9.78 Å². The Labute approximate surface area is 156 Å². The van der Waals surface area contributed by atoms with Crippen LogP contribution in [0, 0.1) is 0 Å². The van der Waals surface area contributed by atoms with Crippen LogP contribution < -0.4 is 5.32 Å². The fourth-order valence-corrected chi connectivity index (χ4v) is 4.26. The maximum Gasteiger partial charge on any atom is 0.317 e. The Morgan fingerprint density at radius 1 is 1.35 bits per heavy atom. The topological polar surface area (TPSA) is 62.6 Å². The number of amides is 2. The molecule has 7 heteroatoms. The van der Waals surface area contributed by atoms with Crippen LogP contribution in [0.25, 0.3) is 0 Å². The quantitative estimate of drug-likeness (QED) is 0.800. The van der Waals surface area contributed by atoms with E-state index in [1.165, 1.54) is 25.7 Å². The number of carbonyl (C=O) groups is 1. The summed E-state index contributed by atoms with van der Waals surface area (Å²) < 4.78 is 7.54. The summed E-state index contributed by atoms with van der Waals surface area (Å²) in [6, 6.07) is 0.0318. The smallest absolute Gasteiger partial charge is 0.317 e. The molecule has 1 aromatic rings. The van der Waals surface area contributed by atoms with Gasteiger partial charge in [0, 0.05) is 64.6 Å². The van der Waals surface area contributed by atoms with Crippen molar-refractivity contribution in [3.05, 3.63) is 18.2 Å². The highest BCUT2D eigenvalue weighted by atomic mass is 16.5. The number of imidazole rings is 1. The van der Waals surface area contributed by atoms with E-state index in [1.54, 1.807) is 4.90 Å². The van der Waals surface area contributed by atoms with Crippen molar-refractivity contribution in [1.29, 1.82) is 0 Å². The van der Waals surface area contributed by atoms with Gasteiger partial charge in [-0.15, -0.1) is 0 Å². The maximum atomic E-state index is 12.5. The number of hydrogen-bond donors (Lipinski definition) is 1. The Balaban J connectivity index is 1.44. The van der Waals surface area contributed by atoms with Gasteiger partial charge in [0.2, 0.25) is 0 Å². The summed E-state index contributed by atoms with van der Waals surface area (Å²) in [6.07, 6.45) is 10.4. The van der Waals surface area contributed by atoms with Crippen molar-refractivity contribution >= 4 is 6.03 Å². The summed E-state index contributed by atoms with van der Waals surface area (Å²) in [4.78, 5) is 21.2. The highest BCUT2D eigenvalue weighted by molar-refractivity contribution is 5.73. The van der Waals surface area contributed by atoms with Crippen LogP contribution in [0.15, 0.2) is 12.4 Å². The lowest BCUT2D eigenvalue weighted by Gasteiger charge is -2.43. The van der Waals surface area contributed by atoms with Crippen molar-refractivity contribution in [3.63, 3.8) is 0 Å². The number of morpholine rings is 1. The molecule has 0 atom stereocenters. The molecule has 26 heavy (non-hydrogen) atoms. The molecule has 0 bridgehead atoms. The Morgan fingerprint density at radius 3 is 2.73 bits per heavy atom. The van der Waals surface area contributed by atoms with Crippen molar-refractivity contribution in [2.75, 3.05) is 46.4 Å². The van der Waals surface area contributed by atoms with E-state index in [0.717, 1.165) is 58.1 Å². The van der Waals surface area contributed by atoms with Crippen molar-refractivity contribution in [1.82, 2.24) is 24.7 Å². The van der Waals surface area contributed by atoms with E-state index in [4.69, 9.17) is 4.74 Å². The summed E-state index contributed by atoms with van der Waals surface area (Å²) in [6.45, 7) is 5.06. The first kappa shape index (κ1) is 19.2. The number of rotatable bonds is 7. The molecule has 7 nitrogen and oxygen atoms in total. The molecule has 3 rings (SSSR count). The van der Waals surface area contributed by atoms with E-state index in [1.807, 2.05) is 31.1 Å². The van der Waals surface area contributed by atoms with Crippen molar-refractivity contribution in [3.8, 4) is 0 Å². The minimum Gasteiger partial charge on any atom is -0.379 e. The molecule has 146 valence electrons. The molecule has 0 aromatic carbocycles. The van der Waals surface area contributed by atoms with Crippen LogP contribution in [-0.2, 0) is 18.2 Å². The normalized spacial score (nSPS) is 20.2. The van der Waals surface area contributed by atoms with Gasteiger partial charge >= 0.3 is 6.03 Å². The monoisotopic (exact) mass is 363 g/mol. The molecule has 1 saturated heterocycles. The predicted molar refractivity (Wildman–Crippen MR) is 101 cm³/mol. The molecule has 1 aliphatic carbocycles. The van der Waals surface area contributed by atoms with Gasteiger partial charge in [-0.05, 0) is 19.3 Å². The van der Waals surface area contributed by atoms with Crippen LogP contribution in [0.5, 0.6) is 0 Å². The second-order valence-electron chi connectivity index (χ2n) is 7.67. The van der Waals surface area contributed by atoms with E-state index in [9.17, 15) is 4.79 Å². The molecule has 2 aliphatic rings. The number of aryl methyl sites for hydroxylation is 2. The van der Waals surface area contributed by atoms with Crippen LogP contribution in [-0.4, -0.2) is 77.4 Å². The largest absolute Gasteiger partial charge is 0.379 e. The number of carbonyl (C=O) groups excluding carboxylic acids is 1. The Morgan fingerprint density at radius 2 is 2.08 bits per heavy atom. The van der Waals surface area contributed by atoms with Crippen molar-refractivity contribution in [2.24, 2.45) is 7.05 Å². The molecule has 2 heterocycles. The van der Waals surface area contributed by atoms with Gasteiger partial charge in [0.25, 0.3) is 0 Å². The number of aromatic nitrogens is 2. The number of hydrogen-bond acceptors (Lipinski definition) is 4. The second kappa shape index (κ2) is 8.86. The van der Waals surface area contributed by atoms with Crippen LogP contribution in [0.1, 0.15) is 37.9 Å². The highest BCUT2D eigenvalue weighted by Crippen LogP contribution is 2.35. The molecule has 1 aliphatic heterocycles. The molecule has 1 aromatic heterocycles. The zero-order chi connectivity index (χ0) is 18.4. The maximum absolute atomic E-state index is 12.5. The predicted octanol–water partition coefficient (Wildman–Crippen LogP) is 1.64. The fourth-order valence-electron chi connectivity index (χ4n) is 4.26. The lowest BCUT2D eigenvalue weighted by atomic mass is 9.94. The van der Waals surface area contributed by atoms with Crippen LogP contribution in [0.3, 0.4) is 0 Å². The molecule has 2 fully saturated rings. The van der Waals surface area contributed by atoms with E-state index >= 15 is 0 Å². The summed E-state index contributed by atoms with van der Waals surface area (Å²) >= 11 is 0. The van der Waals surface area contributed by atoms with Crippen molar-refractivity contribution < 1.29 is 9.53 Å². The third kappa shape index (κ3) is 4.57. The van der Waals surface area contributed by atoms with Gasteiger partial charge in [-0.2, -0.15) is 0 Å². The van der Waals surface area contributed by atoms with Crippen LogP contribution >= 0.6 is 0 Å². The lowest BCUT2D eigenvalue weighted by Crippen LogP contribution is -2.58. The minimum atomic E-state index is 0.0318. The summed E-state index contributed by atoms with van der Waals surface area (Å²) in [5.74, 6) is 1.07. The van der Waals surface area contributed by atoms with Gasteiger partial charge in [0.05, 0.1) is 13.2 Å². The molecule has 1 saturated carbocycles. The van der Waals surface area contributed by atoms with Crippen molar-refractivity contribution in [2.45, 2.75) is 44.1 Å². The second-order valence-corrected chi connectivity index (χ2v) is 7.67. The zero-order valence-corrected chi connectivity index (χ0v) is 16.2.